The number of imidazole rings is 1. The SMILES string of the molecule is CCCn1c(C=C(OC(=O)c2ccccc2Cl)c2ccccc2Cl)nc2ccccc21. The van der Waals surface area contributed by atoms with E-state index in [0.29, 0.717) is 27.2 Å². The number of esters is 1. The van der Waals surface area contributed by atoms with Crippen molar-refractivity contribution in [3.8, 4) is 0 Å². The quantitative estimate of drug-likeness (QED) is 0.232. The second kappa shape index (κ2) is 9.38. The van der Waals surface area contributed by atoms with Crippen molar-refractivity contribution in [2.45, 2.75) is 19.9 Å². The van der Waals surface area contributed by atoms with Crippen molar-refractivity contribution in [2.24, 2.45) is 0 Å². The standard InChI is InChI=1S/C25H20Cl2N2O2/c1-2-15-29-22-14-8-7-13-21(22)28-24(29)16-23(17-9-3-5-11-19(17)26)31-25(30)18-10-4-6-12-20(18)27/h3-14,16H,2,15H2,1H3. The summed E-state index contributed by atoms with van der Waals surface area (Å²) in [7, 11) is 0. The second-order valence-corrected chi connectivity index (χ2v) is 7.78. The van der Waals surface area contributed by atoms with Crippen molar-refractivity contribution in [1.82, 2.24) is 9.55 Å². The molecule has 0 amide bonds. The molecule has 0 radical (unpaired) electrons. The highest BCUT2D eigenvalue weighted by molar-refractivity contribution is 6.34. The molecule has 0 N–H and O–H groups in total. The Balaban J connectivity index is 1.84. The Bertz CT molecular complexity index is 1280. The minimum Gasteiger partial charge on any atom is -0.422 e. The fraction of sp³-hybridized carbons (Fsp3) is 0.120. The van der Waals surface area contributed by atoms with Crippen LogP contribution in [0.1, 0.15) is 35.1 Å². The fourth-order valence-corrected chi connectivity index (χ4v) is 3.83. The zero-order valence-corrected chi connectivity index (χ0v) is 18.4. The predicted molar refractivity (Wildman–Crippen MR) is 126 cm³/mol. The smallest absolute Gasteiger partial charge is 0.345 e. The van der Waals surface area contributed by atoms with Crippen molar-refractivity contribution < 1.29 is 9.53 Å². The van der Waals surface area contributed by atoms with E-state index in [9.17, 15) is 4.79 Å². The predicted octanol–water partition coefficient (Wildman–Crippen LogP) is 7.11. The van der Waals surface area contributed by atoms with E-state index in [1.165, 1.54) is 0 Å². The molecule has 1 aromatic heterocycles. The van der Waals surface area contributed by atoms with Gasteiger partial charge in [0.25, 0.3) is 0 Å². The number of para-hydroxylation sites is 2. The molecule has 156 valence electrons. The average molecular weight is 451 g/mol. The van der Waals surface area contributed by atoms with E-state index in [2.05, 4.69) is 11.5 Å². The van der Waals surface area contributed by atoms with Gasteiger partial charge < -0.3 is 9.30 Å². The van der Waals surface area contributed by atoms with Gasteiger partial charge in [0.15, 0.2) is 0 Å². The number of aryl methyl sites for hydroxylation is 1. The summed E-state index contributed by atoms with van der Waals surface area (Å²) in [6, 6.07) is 21.9. The first-order chi connectivity index (χ1) is 15.1. The number of hydrogen-bond acceptors (Lipinski definition) is 3. The monoisotopic (exact) mass is 450 g/mol. The maximum atomic E-state index is 12.9. The van der Waals surface area contributed by atoms with Crippen LogP contribution in [0, 0.1) is 0 Å². The molecule has 4 aromatic rings. The van der Waals surface area contributed by atoms with Gasteiger partial charge in [0.05, 0.1) is 26.6 Å². The summed E-state index contributed by atoms with van der Waals surface area (Å²) in [5.41, 5.74) is 2.77. The third-order valence-electron chi connectivity index (χ3n) is 4.83. The van der Waals surface area contributed by atoms with Crippen LogP contribution in [0.2, 0.25) is 10.0 Å². The Kier molecular flexibility index (Phi) is 6.40. The van der Waals surface area contributed by atoms with Crippen LogP contribution >= 0.6 is 23.2 Å². The van der Waals surface area contributed by atoms with Crippen molar-refractivity contribution in [1.29, 1.82) is 0 Å². The van der Waals surface area contributed by atoms with E-state index < -0.39 is 5.97 Å². The van der Waals surface area contributed by atoms with Gasteiger partial charge in [0, 0.05) is 18.2 Å². The average Bonchev–Trinajstić information content (AvgIpc) is 3.11. The molecule has 0 saturated carbocycles. The van der Waals surface area contributed by atoms with Crippen molar-refractivity contribution in [3.05, 3.63) is 99.8 Å². The van der Waals surface area contributed by atoms with Crippen molar-refractivity contribution in [3.63, 3.8) is 0 Å². The summed E-state index contributed by atoms with van der Waals surface area (Å²) >= 11 is 12.6. The van der Waals surface area contributed by atoms with Gasteiger partial charge in [-0.25, -0.2) is 9.78 Å². The molecule has 0 aliphatic rings. The van der Waals surface area contributed by atoms with E-state index >= 15 is 0 Å². The summed E-state index contributed by atoms with van der Waals surface area (Å²) in [5, 5.41) is 0.795. The number of hydrogen-bond donors (Lipinski definition) is 0. The molecule has 31 heavy (non-hydrogen) atoms. The summed E-state index contributed by atoms with van der Waals surface area (Å²) in [6.07, 6.45) is 2.69. The van der Waals surface area contributed by atoms with Crippen LogP contribution in [0.15, 0.2) is 72.8 Å². The lowest BCUT2D eigenvalue weighted by Gasteiger charge is -2.12. The first-order valence-corrected chi connectivity index (χ1v) is 10.7. The lowest BCUT2D eigenvalue weighted by molar-refractivity contribution is 0.0694. The van der Waals surface area contributed by atoms with Gasteiger partial charge in [0.2, 0.25) is 0 Å². The van der Waals surface area contributed by atoms with Crippen LogP contribution in [0.5, 0.6) is 0 Å². The fourth-order valence-electron chi connectivity index (χ4n) is 3.39. The topological polar surface area (TPSA) is 44.1 Å². The van der Waals surface area contributed by atoms with Crippen LogP contribution in [-0.2, 0) is 11.3 Å². The zero-order chi connectivity index (χ0) is 21.8. The van der Waals surface area contributed by atoms with Crippen LogP contribution in [-0.4, -0.2) is 15.5 Å². The van der Waals surface area contributed by atoms with E-state index in [0.717, 1.165) is 24.0 Å². The summed E-state index contributed by atoms with van der Waals surface area (Å²) in [6.45, 7) is 2.88. The number of fused-ring (bicyclic) bond motifs is 1. The molecular weight excluding hydrogens is 431 g/mol. The number of nitrogens with zero attached hydrogens (tertiary/aromatic N) is 2. The lowest BCUT2D eigenvalue weighted by Crippen LogP contribution is -2.07. The normalized spacial score (nSPS) is 11.6. The number of halogens is 2. The van der Waals surface area contributed by atoms with Crippen LogP contribution in [0.25, 0.3) is 22.9 Å². The van der Waals surface area contributed by atoms with Crippen molar-refractivity contribution in [2.75, 3.05) is 0 Å². The van der Waals surface area contributed by atoms with Crippen molar-refractivity contribution >= 4 is 52.0 Å². The Labute approximate surface area is 190 Å². The maximum Gasteiger partial charge on any atom is 0.345 e. The summed E-state index contributed by atoms with van der Waals surface area (Å²) in [4.78, 5) is 17.7. The number of aromatic nitrogens is 2. The molecule has 4 rings (SSSR count). The molecule has 0 spiro atoms. The van der Waals surface area contributed by atoms with E-state index in [-0.39, 0.29) is 5.56 Å². The highest BCUT2D eigenvalue weighted by atomic mass is 35.5. The van der Waals surface area contributed by atoms with Gasteiger partial charge in [-0.05, 0) is 42.8 Å². The maximum absolute atomic E-state index is 12.9. The lowest BCUT2D eigenvalue weighted by atomic mass is 10.1. The summed E-state index contributed by atoms with van der Waals surface area (Å²) < 4.78 is 7.92. The molecule has 0 aliphatic heterocycles. The molecule has 3 aromatic carbocycles. The van der Waals surface area contributed by atoms with Gasteiger partial charge in [0.1, 0.15) is 11.6 Å². The summed E-state index contributed by atoms with van der Waals surface area (Å²) in [5.74, 6) is 0.433. The molecule has 0 atom stereocenters. The second-order valence-electron chi connectivity index (χ2n) is 6.97. The van der Waals surface area contributed by atoms with E-state index in [1.54, 1.807) is 42.5 Å². The van der Waals surface area contributed by atoms with Crippen LogP contribution < -0.4 is 0 Å². The minimum atomic E-state index is -0.560. The Morgan fingerprint density at radius 3 is 2.23 bits per heavy atom. The Hall–Kier alpha value is -3.08. The largest absolute Gasteiger partial charge is 0.422 e. The number of ether oxygens (including phenoxy) is 1. The van der Waals surface area contributed by atoms with E-state index in [1.807, 2.05) is 36.4 Å². The molecule has 0 fully saturated rings. The molecule has 0 saturated heterocycles. The van der Waals surface area contributed by atoms with Gasteiger partial charge in [-0.3, -0.25) is 0 Å². The molecule has 0 bridgehead atoms. The Morgan fingerprint density at radius 1 is 0.935 bits per heavy atom. The van der Waals surface area contributed by atoms with Crippen LogP contribution in [0.4, 0.5) is 0 Å². The molecule has 0 unspecified atom stereocenters. The number of carbonyl (C=O) groups excluding carboxylic acids is 1. The van der Waals surface area contributed by atoms with Gasteiger partial charge in [-0.2, -0.15) is 0 Å². The Morgan fingerprint density at radius 2 is 1.55 bits per heavy atom. The van der Waals surface area contributed by atoms with Gasteiger partial charge >= 0.3 is 5.97 Å². The molecule has 6 heteroatoms. The molecule has 1 heterocycles. The van der Waals surface area contributed by atoms with Gasteiger partial charge in [-0.1, -0.05) is 66.5 Å². The highest BCUT2D eigenvalue weighted by Crippen LogP contribution is 2.29. The third kappa shape index (κ3) is 4.50. The highest BCUT2D eigenvalue weighted by Gasteiger charge is 2.18. The third-order valence-corrected chi connectivity index (χ3v) is 5.49. The molecule has 4 nitrogen and oxygen atoms in total. The van der Waals surface area contributed by atoms with E-state index in [4.69, 9.17) is 32.9 Å². The number of rotatable bonds is 6. The number of carbonyl (C=O) groups is 1. The molecule has 0 aliphatic carbocycles. The minimum absolute atomic E-state index is 0.282. The zero-order valence-electron chi connectivity index (χ0n) is 16.9. The van der Waals surface area contributed by atoms with Crippen LogP contribution in [0.3, 0.4) is 0 Å². The number of benzene rings is 3. The first kappa shape index (κ1) is 21.2. The van der Waals surface area contributed by atoms with Gasteiger partial charge in [-0.15, -0.1) is 0 Å². The molecular formula is C25H20Cl2N2O2. The first-order valence-electron chi connectivity index (χ1n) is 9.97.